The molecule has 1 atom stereocenters. The minimum Gasteiger partial charge on any atom is -0.369 e. The van der Waals surface area contributed by atoms with Gasteiger partial charge in [-0.15, -0.1) is 0 Å². The van der Waals surface area contributed by atoms with Crippen molar-refractivity contribution in [2.24, 2.45) is 5.73 Å². The molecule has 0 aliphatic carbocycles. The maximum atomic E-state index is 5.99. The molecule has 0 radical (unpaired) electrons. The highest BCUT2D eigenvalue weighted by atomic mass is 35.5. The third kappa shape index (κ3) is 3.69. The SMILES string of the molecule is C[C@H](N)c1ccc(N(C)Cc2cccc(Cl)c2)cn1. The quantitative estimate of drug-likeness (QED) is 0.930. The van der Waals surface area contributed by atoms with Gasteiger partial charge in [0, 0.05) is 24.7 Å². The van der Waals surface area contributed by atoms with Crippen LogP contribution in [0.4, 0.5) is 5.69 Å². The average molecular weight is 276 g/mol. The summed E-state index contributed by atoms with van der Waals surface area (Å²) in [5, 5.41) is 0.760. The number of anilines is 1. The van der Waals surface area contributed by atoms with Crippen LogP contribution in [0, 0.1) is 0 Å². The maximum absolute atomic E-state index is 5.99. The van der Waals surface area contributed by atoms with Crippen LogP contribution in [0.1, 0.15) is 24.2 Å². The highest BCUT2D eigenvalue weighted by Gasteiger charge is 2.05. The van der Waals surface area contributed by atoms with E-state index in [2.05, 4.69) is 16.0 Å². The number of hydrogen-bond donors (Lipinski definition) is 1. The summed E-state index contributed by atoms with van der Waals surface area (Å²) in [6.07, 6.45) is 1.85. The molecule has 19 heavy (non-hydrogen) atoms. The van der Waals surface area contributed by atoms with E-state index in [1.807, 2.05) is 50.5 Å². The van der Waals surface area contributed by atoms with Gasteiger partial charge in [0.25, 0.3) is 0 Å². The zero-order valence-electron chi connectivity index (χ0n) is 11.2. The molecule has 0 saturated heterocycles. The van der Waals surface area contributed by atoms with Crippen molar-refractivity contribution in [2.45, 2.75) is 19.5 Å². The van der Waals surface area contributed by atoms with Crippen LogP contribution in [0.15, 0.2) is 42.6 Å². The molecule has 0 unspecified atom stereocenters. The number of nitrogens with two attached hydrogens (primary N) is 1. The van der Waals surface area contributed by atoms with Crippen LogP contribution in [0.25, 0.3) is 0 Å². The Morgan fingerprint density at radius 1 is 1.32 bits per heavy atom. The fraction of sp³-hybridized carbons (Fsp3) is 0.267. The summed E-state index contributed by atoms with van der Waals surface area (Å²) in [6.45, 7) is 2.72. The van der Waals surface area contributed by atoms with Gasteiger partial charge in [-0.25, -0.2) is 0 Å². The minimum absolute atomic E-state index is 0.0349. The van der Waals surface area contributed by atoms with Crippen LogP contribution in [0.2, 0.25) is 5.02 Å². The summed E-state index contributed by atoms with van der Waals surface area (Å²) in [5.74, 6) is 0. The van der Waals surface area contributed by atoms with Crippen LogP contribution < -0.4 is 10.6 Å². The van der Waals surface area contributed by atoms with Gasteiger partial charge in [0.1, 0.15) is 0 Å². The zero-order chi connectivity index (χ0) is 13.8. The molecule has 1 aromatic carbocycles. The molecule has 2 aromatic rings. The molecule has 3 nitrogen and oxygen atoms in total. The van der Waals surface area contributed by atoms with Crippen LogP contribution in [-0.2, 0) is 6.54 Å². The molecule has 0 spiro atoms. The first-order chi connectivity index (χ1) is 9.06. The van der Waals surface area contributed by atoms with E-state index in [0.717, 1.165) is 22.9 Å². The normalized spacial score (nSPS) is 12.2. The number of halogens is 1. The number of rotatable bonds is 4. The summed E-state index contributed by atoms with van der Waals surface area (Å²) in [6, 6.07) is 11.8. The Morgan fingerprint density at radius 2 is 2.11 bits per heavy atom. The molecular formula is C15H18ClN3. The Labute approximate surface area is 119 Å². The first-order valence-corrected chi connectivity index (χ1v) is 6.61. The van der Waals surface area contributed by atoms with Crippen LogP contribution in [0.3, 0.4) is 0 Å². The van der Waals surface area contributed by atoms with E-state index in [0.29, 0.717) is 0 Å². The summed E-state index contributed by atoms with van der Waals surface area (Å²) in [5.41, 5.74) is 8.92. The number of nitrogens with zero attached hydrogens (tertiary/aromatic N) is 2. The Hall–Kier alpha value is -1.58. The largest absolute Gasteiger partial charge is 0.369 e. The lowest BCUT2D eigenvalue weighted by molar-refractivity contribution is 0.779. The average Bonchev–Trinajstić information content (AvgIpc) is 2.39. The van der Waals surface area contributed by atoms with Crippen molar-refractivity contribution in [1.82, 2.24) is 4.98 Å². The molecule has 0 amide bonds. The van der Waals surface area contributed by atoms with Gasteiger partial charge in [-0.2, -0.15) is 0 Å². The summed E-state index contributed by atoms with van der Waals surface area (Å²) in [7, 11) is 2.03. The molecular weight excluding hydrogens is 258 g/mol. The van der Waals surface area contributed by atoms with Gasteiger partial charge in [-0.05, 0) is 36.8 Å². The Bertz CT molecular complexity index is 537. The van der Waals surface area contributed by atoms with Gasteiger partial charge in [-0.3, -0.25) is 4.98 Å². The monoisotopic (exact) mass is 275 g/mol. The topological polar surface area (TPSA) is 42.1 Å². The van der Waals surface area contributed by atoms with Crippen molar-refractivity contribution in [3.05, 3.63) is 58.9 Å². The molecule has 1 aromatic heterocycles. The van der Waals surface area contributed by atoms with Crippen molar-refractivity contribution in [3.8, 4) is 0 Å². The van der Waals surface area contributed by atoms with E-state index in [1.165, 1.54) is 5.56 Å². The zero-order valence-corrected chi connectivity index (χ0v) is 11.9. The number of aromatic nitrogens is 1. The van der Waals surface area contributed by atoms with E-state index in [-0.39, 0.29) is 6.04 Å². The third-order valence-corrected chi connectivity index (χ3v) is 3.22. The molecule has 0 fully saturated rings. The lowest BCUT2D eigenvalue weighted by Crippen LogP contribution is -2.17. The highest BCUT2D eigenvalue weighted by molar-refractivity contribution is 6.30. The Balaban J connectivity index is 2.09. The molecule has 100 valence electrons. The van der Waals surface area contributed by atoms with E-state index in [1.54, 1.807) is 0 Å². The highest BCUT2D eigenvalue weighted by Crippen LogP contribution is 2.18. The molecule has 1 heterocycles. The summed E-state index contributed by atoms with van der Waals surface area (Å²) >= 11 is 5.99. The van der Waals surface area contributed by atoms with Crippen molar-refractivity contribution < 1.29 is 0 Å². The van der Waals surface area contributed by atoms with Gasteiger partial charge in [0.2, 0.25) is 0 Å². The van der Waals surface area contributed by atoms with Crippen LogP contribution >= 0.6 is 11.6 Å². The Kier molecular flexibility index (Phi) is 4.40. The van der Waals surface area contributed by atoms with Crippen LogP contribution in [-0.4, -0.2) is 12.0 Å². The predicted molar refractivity (Wildman–Crippen MR) is 80.4 cm³/mol. The van der Waals surface area contributed by atoms with Crippen molar-refractivity contribution in [3.63, 3.8) is 0 Å². The molecule has 0 saturated carbocycles. The molecule has 4 heteroatoms. The number of pyridine rings is 1. The van der Waals surface area contributed by atoms with Crippen molar-refractivity contribution >= 4 is 17.3 Å². The molecule has 0 aliphatic heterocycles. The van der Waals surface area contributed by atoms with Gasteiger partial charge in [0.05, 0.1) is 17.6 Å². The van der Waals surface area contributed by atoms with Gasteiger partial charge in [-0.1, -0.05) is 23.7 Å². The summed E-state index contributed by atoms with van der Waals surface area (Å²) in [4.78, 5) is 6.49. The first kappa shape index (κ1) is 13.8. The van der Waals surface area contributed by atoms with Gasteiger partial charge < -0.3 is 10.6 Å². The standard InChI is InChI=1S/C15H18ClN3/c1-11(17)15-7-6-14(9-18-15)19(2)10-12-4-3-5-13(16)8-12/h3-9,11H,10,17H2,1-2H3/t11-/m0/s1. The fourth-order valence-corrected chi connectivity index (χ4v) is 2.11. The first-order valence-electron chi connectivity index (χ1n) is 6.23. The van der Waals surface area contributed by atoms with Gasteiger partial charge in [0.15, 0.2) is 0 Å². The smallest absolute Gasteiger partial charge is 0.0569 e. The van der Waals surface area contributed by atoms with E-state index in [9.17, 15) is 0 Å². The second kappa shape index (κ2) is 6.04. The molecule has 2 rings (SSSR count). The Morgan fingerprint density at radius 3 is 2.68 bits per heavy atom. The van der Waals surface area contributed by atoms with Crippen molar-refractivity contribution in [1.29, 1.82) is 0 Å². The predicted octanol–water partition coefficient (Wildman–Crippen LogP) is 3.39. The third-order valence-electron chi connectivity index (χ3n) is 2.99. The second-order valence-corrected chi connectivity index (χ2v) is 5.15. The molecule has 0 bridgehead atoms. The van der Waals surface area contributed by atoms with Crippen molar-refractivity contribution in [2.75, 3.05) is 11.9 Å². The molecule has 2 N–H and O–H groups in total. The van der Waals surface area contributed by atoms with E-state index < -0.39 is 0 Å². The lowest BCUT2D eigenvalue weighted by atomic mass is 10.2. The summed E-state index contributed by atoms with van der Waals surface area (Å²) < 4.78 is 0. The van der Waals surface area contributed by atoms with E-state index in [4.69, 9.17) is 17.3 Å². The lowest BCUT2D eigenvalue weighted by Gasteiger charge is -2.19. The van der Waals surface area contributed by atoms with Gasteiger partial charge >= 0.3 is 0 Å². The minimum atomic E-state index is -0.0349. The molecule has 0 aliphatic rings. The van der Waals surface area contributed by atoms with E-state index >= 15 is 0 Å². The number of benzene rings is 1. The second-order valence-electron chi connectivity index (χ2n) is 4.72. The number of hydrogen-bond acceptors (Lipinski definition) is 3. The fourth-order valence-electron chi connectivity index (χ4n) is 1.89. The maximum Gasteiger partial charge on any atom is 0.0569 e. The van der Waals surface area contributed by atoms with Crippen LogP contribution in [0.5, 0.6) is 0 Å².